The maximum absolute atomic E-state index is 11.4. The number of cyclic esters (lactones) is 1. The molecule has 8 heteroatoms. The summed E-state index contributed by atoms with van der Waals surface area (Å²) in [6.07, 6.45) is 14.4. The summed E-state index contributed by atoms with van der Waals surface area (Å²) in [7, 11) is 0. The first-order valence-electron chi connectivity index (χ1n) is 12.8. The Morgan fingerprint density at radius 2 is 1.36 bits per heavy atom. The highest BCUT2D eigenvalue weighted by Crippen LogP contribution is 2.25. The van der Waals surface area contributed by atoms with Gasteiger partial charge in [0.1, 0.15) is 18.8 Å². The van der Waals surface area contributed by atoms with Gasteiger partial charge in [-0.3, -0.25) is 0 Å². The molecule has 1 rings (SSSR count). The van der Waals surface area contributed by atoms with Gasteiger partial charge in [0.15, 0.2) is 11.9 Å². The lowest BCUT2D eigenvalue weighted by Crippen LogP contribution is -2.33. The molecule has 1 unspecified atom stereocenters. The van der Waals surface area contributed by atoms with Crippen molar-refractivity contribution in [2.24, 2.45) is 0 Å². The van der Waals surface area contributed by atoms with Crippen LogP contribution in [0, 0.1) is 0 Å². The third kappa shape index (κ3) is 13.2. The van der Waals surface area contributed by atoms with Gasteiger partial charge in [-0.25, -0.2) is 4.79 Å². The molecule has 0 spiro atoms. The summed E-state index contributed by atoms with van der Waals surface area (Å²) in [5.74, 6) is -2.08. The molecule has 0 fully saturated rings. The summed E-state index contributed by atoms with van der Waals surface area (Å²) in [6, 6.07) is 0. The lowest BCUT2D eigenvalue weighted by atomic mass is 10.0. The molecule has 0 saturated carbocycles. The van der Waals surface area contributed by atoms with Crippen molar-refractivity contribution < 1.29 is 39.4 Å². The van der Waals surface area contributed by atoms with Crippen LogP contribution in [0.4, 0.5) is 0 Å². The molecule has 0 bridgehead atoms. The summed E-state index contributed by atoms with van der Waals surface area (Å²) in [4.78, 5) is 11.4. The maximum Gasteiger partial charge on any atom is 0.378 e. The summed E-state index contributed by atoms with van der Waals surface area (Å²) in [5, 5.41) is 38.3. The predicted molar refractivity (Wildman–Crippen MR) is 126 cm³/mol. The molecule has 1 aliphatic rings. The number of carbonyl (C=O) groups excluding carboxylic acids is 1. The van der Waals surface area contributed by atoms with Gasteiger partial charge in [-0.1, -0.05) is 90.4 Å². The van der Waals surface area contributed by atoms with Crippen LogP contribution in [0.3, 0.4) is 0 Å². The zero-order valence-corrected chi connectivity index (χ0v) is 20.4. The predicted octanol–water partition coefficient (Wildman–Crippen LogP) is 3.91. The standard InChI is InChI=1S/C25H46O8/c1-2-3-4-5-6-7-8-9-10-11-12-13-14-15-16-31-18-20(27)19-32-24-22(29)25(30)33-23(24)21(28)17-26/h20-21,23,26-29H,2-19H2,1H3/t20?,21-,23+/m0/s1. The lowest BCUT2D eigenvalue weighted by Gasteiger charge is -2.19. The zero-order chi connectivity index (χ0) is 24.3. The molecule has 1 aliphatic heterocycles. The van der Waals surface area contributed by atoms with Crippen LogP contribution >= 0.6 is 0 Å². The van der Waals surface area contributed by atoms with Crippen LogP contribution < -0.4 is 0 Å². The van der Waals surface area contributed by atoms with Crippen molar-refractivity contribution >= 4 is 5.97 Å². The van der Waals surface area contributed by atoms with Gasteiger partial charge >= 0.3 is 5.97 Å². The molecule has 0 aromatic carbocycles. The van der Waals surface area contributed by atoms with Gasteiger partial charge in [0, 0.05) is 6.61 Å². The molecule has 0 aliphatic carbocycles. The molecule has 1 heterocycles. The molecule has 0 saturated heterocycles. The van der Waals surface area contributed by atoms with E-state index < -0.39 is 36.6 Å². The Bertz CT molecular complexity index is 536. The quantitative estimate of drug-likeness (QED) is 0.137. The van der Waals surface area contributed by atoms with E-state index >= 15 is 0 Å². The van der Waals surface area contributed by atoms with Crippen molar-refractivity contribution in [3.63, 3.8) is 0 Å². The number of unbranched alkanes of at least 4 members (excludes halogenated alkanes) is 13. The second kappa shape index (κ2) is 19.0. The minimum Gasteiger partial charge on any atom is -0.499 e. The zero-order valence-electron chi connectivity index (χ0n) is 20.4. The van der Waals surface area contributed by atoms with Gasteiger partial charge in [0.2, 0.25) is 5.76 Å². The highest BCUT2D eigenvalue weighted by Gasteiger charge is 2.40. The number of hydrogen-bond acceptors (Lipinski definition) is 8. The number of carbonyl (C=O) groups is 1. The first-order valence-corrected chi connectivity index (χ1v) is 12.8. The van der Waals surface area contributed by atoms with Gasteiger partial charge in [-0.05, 0) is 6.42 Å². The average molecular weight is 475 g/mol. The van der Waals surface area contributed by atoms with Crippen molar-refractivity contribution in [2.75, 3.05) is 26.4 Å². The molecule has 4 N–H and O–H groups in total. The van der Waals surface area contributed by atoms with Gasteiger partial charge in [-0.2, -0.15) is 0 Å². The smallest absolute Gasteiger partial charge is 0.378 e. The molecule has 3 atom stereocenters. The van der Waals surface area contributed by atoms with Crippen LogP contribution in [0.25, 0.3) is 0 Å². The second-order valence-electron chi connectivity index (χ2n) is 8.92. The lowest BCUT2D eigenvalue weighted by molar-refractivity contribution is -0.148. The molecule has 0 radical (unpaired) electrons. The number of esters is 1. The van der Waals surface area contributed by atoms with Crippen LogP contribution in [0.5, 0.6) is 0 Å². The minimum atomic E-state index is -1.41. The monoisotopic (exact) mass is 474 g/mol. The van der Waals surface area contributed by atoms with Gasteiger partial charge in [-0.15, -0.1) is 0 Å². The fraction of sp³-hybridized carbons (Fsp3) is 0.880. The van der Waals surface area contributed by atoms with Crippen molar-refractivity contribution in [3.05, 3.63) is 11.5 Å². The fourth-order valence-corrected chi connectivity index (χ4v) is 3.81. The molecule has 33 heavy (non-hydrogen) atoms. The van der Waals surface area contributed by atoms with Crippen LogP contribution in [0.2, 0.25) is 0 Å². The van der Waals surface area contributed by atoms with Crippen molar-refractivity contribution in [2.45, 2.75) is 115 Å². The summed E-state index contributed by atoms with van der Waals surface area (Å²) in [6.45, 7) is 1.97. The third-order valence-corrected chi connectivity index (χ3v) is 5.84. The molecule has 0 aromatic rings. The van der Waals surface area contributed by atoms with E-state index in [9.17, 15) is 20.1 Å². The van der Waals surface area contributed by atoms with E-state index in [2.05, 4.69) is 6.92 Å². The van der Waals surface area contributed by atoms with Crippen molar-refractivity contribution in [1.29, 1.82) is 0 Å². The average Bonchev–Trinajstić information content (AvgIpc) is 3.10. The van der Waals surface area contributed by atoms with Crippen LogP contribution in [-0.2, 0) is 19.0 Å². The van der Waals surface area contributed by atoms with Crippen molar-refractivity contribution in [1.82, 2.24) is 0 Å². The largest absolute Gasteiger partial charge is 0.499 e. The molecular weight excluding hydrogens is 428 g/mol. The Hall–Kier alpha value is -1.35. The van der Waals surface area contributed by atoms with Crippen LogP contribution in [0.15, 0.2) is 11.5 Å². The molecular formula is C25H46O8. The van der Waals surface area contributed by atoms with E-state index in [0.717, 1.165) is 12.8 Å². The number of aliphatic hydroxyl groups excluding tert-OH is 4. The number of ether oxygens (including phenoxy) is 3. The highest BCUT2D eigenvalue weighted by molar-refractivity contribution is 5.89. The van der Waals surface area contributed by atoms with E-state index in [1.807, 2.05) is 0 Å². The topological polar surface area (TPSA) is 126 Å². The van der Waals surface area contributed by atoms with E-state index in [0.29, 0.717) is 6.61 Å². The second-order valence-corrected chi connectivity index (χ2v) is 8.92. The molecule has 0 aromatic heterocycles. The summed E-state index contributed by atoms with van der Waals surface area (Å²) < 4.78 is 15.5. The third-order valence-electron chi connectivity index (χ3n) is 5.84. The minimum absolute atomic E-state index is 0.0640. The molecule has 0 amide bonds. The number of aliphatic hydroxyl groups is 4. The molecule has 8 nitrogen and oxygen atoms in total. The van der Waals surface area contributed by atoms with E-state index in [4.69, 9.17) is 19.3 Å². The highest BCUT2D eigenvalue weighted by atomic mass is 16.6. The maximum atomic E-state index is 11.4. The Morgan fingerprint density at radius 3 is 1.88 bits per heavy atom. The van der Waals surface area contributed by atoms with Crippen molar-refractivity contribution in [3.8, 4) is 0 Å². The number of rotatable bonds is 22. The Balaban J connectivity index is 1.94. The SMILES string of the molecule is CCCCCCCCCCCCCCCCOCC(O)COC1=C(O)C(=O)O[C@@H]1[C@@H](O)CO. The van der Waals surface area contributed by atoms with Gasteiger partial charge in [0.05, 0.1) is 13.2 Å². The first kappa shape index (κ1) is 29.7. The van der Waals surface area contributed by atoms with E-state index in [1.54, 1.807) is 0 Å². The van der Waals surface area contributed by atoms with E-state index in [1.165, 1.54) is 77.0 Å². The molecule has 194 valence electrons. The Labute approximate surface area is 198 Å². The van der Waals surface area contributed by atoms with Crippen LogP contribution in [-0.4, -0.2) is 71.1 Å². The first-order chi connectivity index (χ1) is 16.0. The Kier molecular flexibility index (Phi) is 17.1. The van der Waals surface area contributed by atoms with E-state index in [-0.39, 0.29) is 19.0 Å². The Morgan fingerprint density at radius 1 is 0.848 bits per heavy atom. The van der Waals surface area contributed by atoms with Crippen LogP contribution in [0.1, 0.15) is 96.8 Å². The normalized spacial score (nSPS) is 17.9. The van der Waals surface area contributed by atoms with Gasteiger partial charge < -0.3 is 34.6 Å². The number of hydrogen-bond donors (Lipinski definition) is 4. The summed E-state index contributed by atoms with van der Waals surface area (Å²) >= 11 is 0. The van der Waals surface area contributed by atoms with Gasteiger partial charge in [0.25, 0.3) is 0 Å². The summed E-state index contributed by atoms with van der Waals surface area (Å²) in [5.41, 5.74) is 0. The fourth-order valence-electron chi connectivity index (χ4n) is 3.81.